The number of rotatable bonds is 1. The monoisotopic (exact) mass is 316 g/mol. The van der Waals surface area contributed by atoms with Crippen LogP contribution < -0.4 is 11.5 Å². The molecule has 112 valence electrons. The van der Waals surface area contributed by atoms with Crippen molar-refractivity contribution >= 4 is 23.2 Å². The Morgan fingerprint density at radius 3 is 1.86 bits per heavy atom. The number of aromatic nitrogens is 2. The minimum Gasteiger partial charge on any atom is -0.384 e. The average molecular weight is 317 g/mol. The van der Waals surface area contributed by atoms with E-state index >= 15 is 0 Å². The molecule has 0 unspecified atom stereocenters. The summed E-state index contributed by atoms with van der Waals surface area (Å²) in [4.78, 5) is 7.85. The van der Waals surface area contributed by atoms with Crippen molar-refractivity contribution in [2.75, 3.05) is 11.5 Å². The van der Waals surface area contributed by atoms with Crippen LogP contribution in [-0.2, 0) is 0 Å². The topological polar surface area (TPSA) is 77.8 Å². The van der Waals surface area contributed by atoms with Crippen molar-refractivity contribution in [1.82, 2.24) is 9.97 Å². The van der Waals surface area contributed by atoms with Crippen molar-refractivity contribution in [2.45, 2.75) is 0 Å². The summed E-state index contributed by atoms with van der Waals surface area (Å²) in [7, 11) is 0. The number of benzene rings is 1. The smallest absolute Gasteiger partial charge is 0.131 e. The van der Waals surface area contributed by atoms with Gasteiger partial charge in [0.15, 0.2) is 0 Å². The molecule has 0 spiro atoms. The highest BCUT2D eigenvalue weighted by Crippen LogP contribution is 2.17. The third-order valence-electron chi connectivity index (χ3n) is 2.65. The van der Waals surface area contributed by atoms with Gasteiger partial charge in [-0.15, -0.1) is 0 Å². The largest absolute Gasteiger partial charge is 0.384 e. The molecule has 2 heterocycles. The first kappa shape index (κ1) is 15.7. The fraction of sp³-hybridized carbons (Fsp3) is 0. The zero-order chi connectivity index (χ0) is 15.9. The summed E-state index contributed by atoms with van der Waals surface area (Å²) in [5.74, 6) is 0.668. The molecule has 0 aliphatic heterocycles. The highest BCUT2D eigenvalue weighted by Gasteiger charge is 1.99. The fourth-order valence-corrected chi connectivity index (χ4v) is 1.83. The number of anilines is 2. The van der Waals surface area contributed by atoms with E-state index in [2.05, 4.69) is 9.97 Å². The SMILES string of the molecule is Nc1cccc(-c2ccc(F)cc2)n1.Nc1cccc(Cl)n1. The number of hydrogen-bond acceptors (Lipinski definition) is 4. The summed E-state index contributed by atoms with van der Waals surface area (Å²) in [5.41, 5.74) is 12.4. The van der Waals surface area contributed by atoms with Crippen molar-refractivity contribution in [3.63, 3.8) is 0 Å². The molecule has 22 heavy (non-hydrogen) atoms. The van der Waals surface area contributed by atoms with Crippen molar-refractivity contribution in [3.05, 3.63) is 71.6 Å². The normalized spacial score (nSPS) is 9.73. The summed E-state index contributed by atoms with van der Waals surface area (Å²) in [6, 6.07) is 16.7. The lowest BCUT2D eigenvalue weighted by molar-refractivity contribution is 0.628. The van der Waals surface area contributed by atoms with Gasteiger partial charge < -0.3 is 11.5 Å². The first-order valence-corrected chi connectivity index (χ1v) is 6.79. The molecule has 3 rings (SSSR count). The second kappa shape index (κ2) is 7.38. The van der Waals surface area contributed by atoms with Crippen LogP contribution in [0.15, 0.2) is 60.7 Å². The Kier molecular flexibility index (Phi) is 5.27. The number of nitrogen functional groups attached to an aromatic ring is 2. The lowest BCUT2D eigenvalue weighted by atomic mass is 10.1. The fourth-order valence-electron chi connectivity index (χ4n) is 1.66. The molecule has 0 fully saturated rings. The van der Waals surface area contributed by atoms with Crippen LogP contribution in [0.1, 0.15) is 0 Å². The minimum absolute atomic E-state index is 0.252. The van der Waals surface area contributed by atoms with Gasteiger partial charge >= 0.3 is 0 Å². The van der Waals surface area contributed by atoms with Gasteiger partial charge in [-0.3, -0.25) is 0 Å². The molecule has 1 aromatic carbocycles. The summed E-state index contributed by atoms with van der Waals surface area (Å²) >= 11 is 5.45. The molecular formula is C16H14ClFN4. The third kappa shape index (κ3) is 4.71. The van der Waals surface area contributed by atoms with Crippen LogP contribution in [0.3, 0.4) is 0 Å². The van der Waals surface area contributed by atoms with Gasteiger partial charge in [-0.2, -0.15) is 0 Å². The van der Waals surface area contributed by atoms with Crippen LogP contribution in [0.5, 0.6) is 0 Å². The van der Waals surface area contributed by atoms with Gasteiger partial charge in [0.25, 0.3) is 0 Å². The number of hydrogen-bond donors (Lipinski definition) is 2. The number of nitrogens with zero attached hydrogens (tertiary/aromatic N) is 2. The van der Waals surface area contributed by atoms with E-state index in [1.165, 1.54) is 12.1 Å². The molecule has 0 amide bonds. The second-order valence-corrected chi connectivity index (χ2v) is 4.73. The Bertz CT molecular complexity index is 730. The number of nitrogens with two attached hydrogens (primary N) is 2. The quantitative estimate of drug-likeness (QED) is 0.670. The molecule has 3 aromatic rings. The molecule has 2 aromatic heterocycles. The van der Waals surface area contributed by atoms with Crippen LogP contribution in [0.25, 0.3) is 11.3 Å². The minimum atomic E-state index is -0.252. The Balaban J connectivity index is 0.000000188. The first-order valence-electron chi connectivity index (χ1n) is 6.41. The molecular weight excluding hydrogens is 303 g/mol. The average Bonchev–Trinajstić information content (AvgIpc) is 2.48. The summed E-state index contributed by atoms with van der Waals surface area (Å²) in [5, 5.41) is 0.435. The van der Waals surface area contributed by atoms with E-state index in [-0.39, 0.29) is 5.82 Å². The first-order chi connectivity index (χ1) is 10.5. The lowest BCUT2D eigenvalue weighted by Gasteiger charge is -2.00. The van der Waals surface area contributed by atoms with E-state index in [1.807, 2.05) is 12.1 Å². The summed E-state index contributed by atoms with van der Waals surface area (Å²) in [6.07, 6.45) is 0. The Morgan fingerprint density at radius 1 is 0.773 bits per heavy atom. The van der Waals surface area contributed by atoms with E-state index < -0.39 is 0 Å². The van der Waals surface area contributed by atoms with Crippen molar-refractivity contribution in [2.24, 2.45) is 0 Å². The van der Waals surface area contributed by atoms with Crippen LogP contribution in [0.2, 0.25) is 5.15 Å². The van der Waals surface area contributed by atoms with E-state index in [0.717, 1.165) is 11.3 Å². The van der Waals surface area contributed by atoms with E-state index in [0.29, 0.717) is 16.8 Å². The molecule has 0 radical (unpaired) electrons. The van der Waals surface area contributed by atoms with Gasteiger partial charge in [-0.05, 0) is 48.5 Å². The Morgan fingerprint density at radius 2 is 1.36 bits per heavy atom. The highest BCUT2D eigenvalue weighted by molar-refractivity contribution is 6.29. The van der Waals surface area contributed by atoms with Gasteiger partial charge in [-0.25, -0.2) is 14.4 Å². The van der Waals surface area contributed by atoms with Crippen LogP contribution in [0, 0.1) is 5.82 Å². The summed E-state index contributed by atoms with van der Waals surface area (Å²) in [6.45, 7) is 0. The molecule has 0 aliphatic rings. The summed E-state index contributed by atoms with van der Waals surface area (Å²) < 4.78 is 12.6. The Hall–Kier alpha value is -2.66. The predicted molar refractivity (Wildman–Crippen MR) is 87.7 cm³/mol. The second-order valence-electron chi connectivity index (χ2n) is 4.34. The van der Waals surface area contributed by atoms with E-state index in [9.17, 15) is 4.39 Å². The van der Waals surface area contributed by atoms with Crippen LogP contribution in [-0.4, -0.2) is 9.97 Å². The third-order valence-corrected chi connectivity index (χ3v) is 2.86. The van der Waals surface area contributed by atoms with Gasteiger partial charge in [-0.1, -0.05) is 23.7 Å². The van der Waals surface area contributed by atoms with Gasteiger partial charge in [0.05, 0.1) is 5.69 Å². The van der Waals surface area contributed by atoms with Crippen LogP contribution in [0.4, 0.5) is 16.0 Å². The molecule has 4 nitrogen and oxygen atoms in total. The van der Waals surface area contributed by atoms with Crippen molar-refractivity contribution in [1.29, 1.82) is 0 Å². The molecule has 0 saturated carbocycles. The maximum atomic E-state index is 12.6. The molecule has 4 N–H and O–H groups in total. The van der Waals surface area contributed by atoms with Gasteiger partial charge in [0.2, 0.25) is 0 Å². The standard InChI is InChI=1S/C11H9FN2.C5H5ClN2/c12-9-6-4-8(5-7-9)10-2-1-3-11(13)14-10;6-4-2-1-3-5(7)8-4/h1-7H,(H2,13,14);1-3H,(H2,7,8). The molecule has 6 heteroatoms. The van der Waals surface area contributed by atoms with E-state index in [1.54, 1.807) is 36.4 Å². The van der Waals surface area contributed by atoms with E-state index in [4.69, 9.17) is 23.1 Å². The maximum Gasteiger partial charge on any atom is 0.131 e. The predicted octanol–water partition coefficient (Wildman–Crippen LogP) is 3.79. The maximum absolute atomic E-state index is 12.6. The van der Waals surface area contributed by atoms with Crippen molar-refractivity contribution < 1.29 is 4.39 Å². The lowest BCUT2D eigenvalue weighted by Crippen LogP contribution is -1.91. The number of halogens is 2. The molecule has 0 saturated heterocycles. The Labute approximate surface area is 132 Å². The van der Waals surface area contributed by atoms with Gasteiger partial charge in [0.1, 0.15) is 22.6 Å². The van der Waals surface area contributed by atoms with Crippen LogP contribution >= 0.6 is 11.6 Å². The molecule has 0 bridgehead atoms. The molecule has 0 atom stereocenters. The van der Waals surface area contributed by atoms with Crippen molar-refractivity contribution in [3.8, 4) is 11.3 Å². The zero-order valence-corrected chi connectivity index (χ0v) is 12.3. The highest BCUT2D eigenvalue weighted by atomic mass is 35.5. The zero-order valence-electron chi connectivity index (χ0n) is 11.6. The number of pyridine rings is 2. The molecule has 0 aliphatic carbocycles. The van der Waals surface area contributed by atoms with Gasteiger partial charge in [0, 0.05) is 5.56 Å².